The molecule has 0 radical (unpaired) electrons. The number of pyridine rings is 1. The zero-order chi connectivity index (χ0) is 15.0. The smallest absolute Gasteiger partial charge is 0.325 e. The second kappa shape index (κ2) is 8.04. The first-order valence-electron chi connectivity index (χ1n) is 6.39. The van der Waals surface area contributed by atoms with Crippen LogP contribution in [0.5, 0.6) is 0 Å². The summed E-state index contributed by atoms with van der Waals surface area (Å²) in [7, 11) is 0. The number of aryl methyl sites for hydroxylation is 1. The van der Waals surface area contributed by atoms with Crippen LogP contribution in [0.2, 0.25) is 0 Å². The monoisotopic (exact) mass is 278 g/mol. The fourth-order valence-corrected chi connectivity index (χ4v) is 1.44. The summed E-state index contributed by atoms with van der Waals surface area (Å²) in [6.07, 6.45) is 2.80. The average Bonchev–Trinajstić information content (AvgIpc) is 2.41. The SMILES string of the molecule is CCOC(=O)C(C=Nc1ncccc1C)C(=O)OCC. The number of carbonyl (C=O) groups is 2. The molecule has 0 aliphatic heterocycles. The highest BCUT2D eigenvalue weighted by atomic mass is 16.6. The van der Waals surface area contributed by atoms with Gasteiger partial charge in [-0.05, 0) is 32.4 Å². The van der Waals surface area contributed by atoms with Crippen LogP contribution in [0.4, 0.5) is 5.82 Å². The molecular weight excluding hydrogens is 260 g/mol. The number of rotatable bonds is 6. The minimum atomic E-state index is -1.17. The molecule has 0 amide bonds. The summed E-state index contributed by atoms with van der Waals surface area (Å²) >= 11 is 0. The lowest BCUT2D eigenvalue weighted by atomic mass is 10.1. The molecule has 0 N–H and O–H groups in total. The Kier molecular flexibility index (Phi) is 6.36. The van der Waals surface area contributed by atoms with E-state index in [1.807, 2.05) is 13.0 Å². The van der Waals surface area contributed by atoms with Crippen LogP contribution in [-0.4, -0.2) is 36.4 Å². The molecule has 0 aromatic carbocycles. The third-order valence-electron chi connectivity index (χ3n) is 2.41. The molecule has 0 bridgehead atoms. The Balaban J connectivity index is 2.91. The summed E-state index contributed by atoms with van der Waals surface area (Å²) < 4.78 is 9.68. The predicted molar refractivity (Wildman–Crippen MR) is 73.9 cm³/mol. The molecule has 0 aliphatic carbocycles. The highest BCUT2D eigenvalue weighted by Crippen LogP contribution is 2.13. The quantitative estimate of drug-likeness (QED) is 0.450. The largest absolute Gasteiger partial charge is 0.465 e. The molecule has 0 spiro atoms. The molecule has 0 aliphatic rings. The molecule has 20 heavy (non-hydrogen) atoms. The molecule has 108 valence electrons. The van der Waals surface area contributed by atoms with Crippen LogP contribution in [0.3, 0.4) is 0 Å². The molecule has 6 heteroatoms. The third-order valence-corrected chi connectivity index (χ3v) is 2.41. The average molecular weight is 278 g/mol. The van der Waals surface area contributed by atoms with E-state index in [0.717, 1.165) is 5.56 Å². The van der Waals surface area contributed by atoms with E-state index >= 15 is 0 Å². The molecule has 1 heterocycles. The molecule has 0 fully saturated rings. The fraction of sp³-hybridized carbons (Fsp3) is 0.429. The van der Waals surface area contributed by atoms with Crippen molar-refractivity contribution in [3.63, 3.8) is 0 Å². The van der Waals surface area contributed by atoms with Crippen molar-refractivity contribution in [1.29, 1.82) is 0 Å². The maximum atomic E-state index is 11.7. The topological polar surface area (TPSA) is 77.9 Å². The van der Waals surface area contributed by atoms with Gasteiger partial charge in [0.1, 0.15) is 0 Å². The predicted octanol–water partition coefficient (Wildman–Crippen LogP) is 1.83. The molecule has 0 atom stereocenters. The number of aliphatic imine (C=N–C) groups is 1. The Morgan fingerprint density at radius 3 is 2.40 bits per heavy atom. The highest BCUT2D eigenvalue weighted by Gasteiger charge is 2.27. The Morgan fingerprint density at radius 1 is 1.30 bits per heavy atom. The maximum absolute atomic E-state index is 11.7. The zero-order valence-electron chi connectivity index (χ0n) is 11.8. The summed E-state index contributed by atoms with van der Waals surface area (Å²) in [6, 6.07) is 3.62. The number of ether oxygens (including phenoxy) is 2. The van der Waals surface area contributed by atoms with Gasteiger partial charge in [-0.2, -0.15) is 0 Å². The summed E-state index contributed by atoms with van der Waals surface area (Å²) in [5, 5.41) is 0. The van der Waals surface area contributed by atoms with Gasteiger partial charge in [0.15, 0.2) is 11.7 Å². The maximum Gasteiger partial charge on any atom is 0.325 e. The van der Waals surface area contributed by atoms with Crippen molar-refractivity contribution >= 4 is 24.0 Å². The highest BCUT2D eigenvalue weighted by molar-refractivity contribution is 6.09. The van der Waals surface area contributed by atoms with Crippen LogP contribution >= 0.6 is 0 Å². The van der Waals surface area contributed by atoms with Crippen molar-refractivity contribution in [3.05, 3.63) is 23.9 Å². The van der Waals surface area contributed by atoms with Crippen LogP contribution in [0.25, 0.3) is 0 Å². The van der Waals surface area contributed by atoms with Crippen LogP contribution in [0.1, 0.15) is 19.4 Å². The van der Waals surface area contributed by atoms with Crippen molar-refractivity contribution in [3.8, 4) is 0 Å². The standard InChI is InChI=1S/C14H18N2O4/c1-4-19-13(17)11(14(18)20-5-2)9-16-12-10(3)7-6-8-15-12/h6-9,11H,4-5H2,1-3H3. The molecular formula is C14H18N2O4. The minimum Gasteiger partial charge on any atom is -0.465 e. The van der Waals surface area contributed by atoms with Crippen molar-refractivity contribution in [1.82, 2.24) is 4.98 Å². The van der Waals surface area contributed by atoms with Gasteiger partial charge in [-0.3, -0.25) is 9.59 Å². The fourth-order valence-electron chi connectivity index (χ4n) is 1.44. The van der Waals surface area contributed by atoms with E-state index in [-0.39, 0.29) is 13.2 Å². The second-order valence-electron chi connectivity index (χ2n) is 3.90. The van der Waals surface area contributed by atoms with Gasteiger partial charge in [0, 0.05) is 12.4 Å². The van der Waals surface area contributed by atoms with E-state index in [9.17, 15) is 9.59 Å². The first-order chi connectivity index (χ1) is 9.60. The van der Waals surface area contributed by atoms with Crippen LogP contribution in [0, 0.1) is 12.8 Å². The zero-order valence-corrected chi connectivity index (χ0v) is 11.8. The lowest BCUT2D eigenvalue weighted by Crippen LogP contribution is -2.29. The normalized spacial score (nSPS) is 10.8. The van der Waals surface area contributed by atoms with Crippen LogP contribution < -0.4 is 0 Å². The van der Waals surface area contributed by atoms with Crippen molar-refractivity contribution in [2.75, 3.05) is 13.2 Å². The number of aromatic nitrogens is 1. The summed E-state index contributed by atoms with van der Waals surface area (Å²) in [4.78, 5) is 31.6. The minimum absolute atomic E-state index is 0.186. The number of hydrogen-bond donors (Lipinski definition) is 0. The van der Waals surface area contributed by atoms with Gasteiger partial charge >= 0.3 is 11.9 Å². The van der Waals surface area contributed by atoms with Crippen molar-refractivity contribution in [2.24, 2.45) is 10.9 Å². The molecule has 1 aromatic rings. The van der Waals surface area contributed by atoms with Gasteiger partial charge < -0.3 is 9.47 Å². The Bertz CT molecular complexity index is 482. The summed E-state index contributed by atoms with van der Waals surface area (Å²) in [6.45, 7) is 5.54. The summed E-state index contributed by atoms with van der Waals surface area (Å²) in [5.41, 5.74) is 0.843. The van der Waals surface area contributed by atoms with E-state index in [4.69, 9.17) is 9.47 Å². The van der Waals surface area contributed by atoms with Gasteiger partial charge in [0.2, 0.25) is 0 Å². The Hall–Kier alpha value is -2.24. The number of esters is 2. The van der Waals surface area contributed by atoms with Crippen molar-refractivity contribution in [2.45, 2.75) is 20.8 Å². The molecule has 6 nitrogen and oxygen atoms in total. The van der Waals surface area contributed by atoms with E-state index < -0.39 is 17.9 Å². The number of hydrogen-bond acceptors (Lipinski definition) is 6. The van der Waals surface area contributed by atoms with E-state index in [1.165, 1.54) is 6.21 Å². The third kappa shape index (κ3) is 4.46. The molecule has 0 saturated heterocycles. The number of carbonyl (C=O) groups excluding carboxylic acids is 2. The van der Waals surface area contributed by atoms with Gasteiger partial charge in [0.05, 0.1) is 13.2 Å². The first-order valence-corrected chi connectivity index (χ1v) is 6.39. The number of nitrogens with zero attached hydrogens (tertiary/aromatic N) is 2. The Labute approximate surface area is 117 Å². The van der Waals surface area contributed by atoms with Gasteiger partial charge in [-0.15, -0.1) is 0 Å². The van der Waals surface area contributed by atoms with E-state index in [1.54, 1.807) is 26.1 Å². The van der Waals surface area contributed by atoms with E-state index in [0.29, 0.717) is 5.82 Å². The molecule has 1 rings (SSSR count). The molecule has 1 aromatic heterocycles. The van der Waals surface area contributed by atoms with Gasteiger partial charge in [-0.25, -0.2) is 9.98 Å². The van der Waals surface area contributed by atoms with Gasteiger partial charge in [0.25, 0.3) is 0 Å². The van der Waals surface area contributed by atoms with Crippen LogP contribution in [0.15, 0.2) is 23.3 Å². The van der Waals surface area contributed by atoms with E-state index in [2.05, 4.69) is 9.98 Å². The Morgan fingerprint density at radius 2 is 1.90 bits per heavy atom. The lowest BCUT2D eigenvalue weighted by molar-refractivity contribution is -0.157. The van der Waals surface area contributed by atoms with Crippen molar-refractivity contribution < 1.29 is 19.1 Å². The van der Waals surface area contributed by atoms with Gasteiger partial charge in [-0.1, -0.05) is 6.07 Å². The second-order valence-corrected chi connectivity index (χ2v) is 3.90. The molecule has 0 saturated carbocycles. The first kappa shape index (κ1) is 15.8. The molecule has 0 unspecified atom stereocenters. The lowest BCUT2D eigenvalue weighted by Gasteiger charge is -2.10. The van der Waals surface area contributed by atoms with Crippen LogP contribution in [-0.2, 0) is 19.1 Å². The summed E-state index contributed by atoms with van der Waals surface area (Å²) in [5.74, 6) is -2.08.